The van der Waals surface area contributed by atoms with Gasteiger partial charge in [0.2, 0.25) is 5.91 Å². The number of aryl methyl sites for hydroxylation is 1. The molecule has 27 heavy (non-hydrogen) atoms. The first-order valence-electron chi connectivity index (χ1n) is 8.77. The van der Waals surface area contributed by atoms with Crippen molar-refractivity contribution >= 4 is 17.5 Å². The summed E-state index contributed by atoms with van der Waals surface area (Å²) < 4.78 is 1.63. The van der Waals surface area contributed by atoms with Crippen molar-refractivity contribution in [1.29, 1.82) is 0 Å². The largest absolute Gasteiger partial charge is 0.334 e. The summed E-state index contributed by atoms with van der Waals surface area (Å²) in [5.41, 5.74) is 2.87. The van der Waals surface area contributed by atoms with Crippen LogP contribution in [-0.4, -0.2) is 33.5 Å². The Kier molecular flexibility index (Phi) is 4.24. The van der Waals surface area contributed by atoms with Gasteiger partial charge in [0, 0.05) is 25.9 Å². The average molecular weight is 360 g/mol. The first-order chi connectivity index (χ1) is 13.1. The van der Waals surface area contributed by atoms with Gasteiger partial charge in [-0.05, 0) is 17.2 Å². The predicted molar refractivity (Wildman–Crippen MR) is 102 cm³/mol. The fourth-order valence-corrected chi connectivity index (χ4v) is 3.73. The van der Waals surface area contributed by atoms with E-state index >= 15 is 0 Å². The van der Waals surface area contributed by atoms with E-state index in [4.69, 9.17) is 0 Å². The van der Waals surface area contributed by atoms with Crippen LogP contribution in [0.4, 0.5) is 5.69 Å². The zero-order valence-electron chi connectivity index (χ0n) is 15.2. The molecule has 136 valence electrons. The molecule has 3 aromatic rings. The van der Waals surface area contributed by atoms with E-state index in [2.05, 4.69) is 10.4 Å². The second kappa shape index (κ2) is 6.72. The van der Waals surface area contributed by atoms with Crippen LogP contribution in [0.3, 0.4) is 0 Å². The molecule has 2 aromatic carbocycles. The summed E-state index contributed by atoms with van der Waals surface area (Å²) in [5.74, 6) is -0.764. The van der Waals surface area contributed by atoms with Crippen LogP contribution in [-0.2, 0) is 11.8 Å². The van der Waals surface area contributed by atoms with Crippen LogP contribution in [0, 0.1) is 0 Å². The topological polar surface area (TPSA) is 67.2 Å². The molecule has 2 heterocycles. The molecular formula is C21H20N4O2. The third-order valence-electron chi connectivity index (χ3n) is 4.98. The molecule has 0 radical (unpaired) electrons. The van der Waals surface area contributed by atoms with Gasteiger partial charge in [-0.15, -0.1) is 0 Å². The summed E-state index contributed by atoms with van der Waals surface area (Å²) in [6.45, 7) is 0. The van der Waals surface area contributed by atoms with E-state index < -0.39 is 5.92 Å². The Morgan fingerprint density at radius 2 is 1.74 bits per heavy atom. The van der Waals surface area contributed by atoms with Crippen LogP contribution in [0.25, 0.3) is 0 Å². The average Bonchev–Trinajstić information content (AvgIpc) is 3.09. The normalized spacial score (nSPS) is 18.9. The lowest BCUT2D eigenvalue weighted by atomic mass is 9.79. The fraction of sp³-hybridized carbons (Fsp3) is 0.190. The van der Waals surface area contributed by atoms with Crippen molar-refractivity contribution in [2.45, 2.75) is 12.0 Å². The molecule has 0 saturated heterocycles. The summed E-state index contributed by atoms with van der Waals surface area (Å²) >= 11 is 0. The Balaban J connectivity index is 1.81. The number of benzene rings is 2. The third-order valence-corrected chi connectivity index (χ3v) is 4.98. The minimum atomic E-state index is -0.522. The summed E-state index contributed by atoms with van der Waals surface area (Å²) in [5, 5.41) is 7.05. The number of hydrogen-bond acceptors (Lipinski definition) is 3. The molecule has 1 N–H and O–H groups in total. The molecule has 6 heteroatoms. The predicted octanol–water partition coefficient (Wildman–Crippen LogP) is 2.97. The Labute approximate surface area is 157 Å². The van der Waals surface area contributed by atoms with Crippen molar-refractivity contribution in [3.8, 4) is 0 Å². The number of fused-ring (bicyclic) bond motifs is 1. The van der Waals surface area contributed by atoms with Crippen LogP contribution in [0.1, 0.15) is 33.4 Å². The van der Waals surface area contributed by atoms with Gasteiger partial charge in [0.1, 0.15) is 0 Å². The van der Waals surface area contributed by atoms with Crippen LogP contribution < -0.4 is 5.32 Å². The van der Waals surface area contributed by atoms with Gasteiger partial charge in [-0.1, -0.05) is 48.5 Å². The van der Waals surface area contributed by atoms with Crippen molar-refractivity contribution < 1.29 is 9.59 Å². The molecule has 0 bridgehead atoms. The zero-order chi connectivity index (χ0) is 19.0. The molecule has 0 spiro atoms. The number of hydrogen-bond donors (Lipinski definition) is 1. The number of amides is 2. The maximum atomic E-state index is 13.3. The van der Waals surface area contributed by atoms with E-state index in [0.717, 1.165) is 11.1 Å². The Bertz CT molecular complexity index is 996. The van der Waals surface area contributed by atoms with Gasteiger partial charge in [0.05, 0.1) is 23.8 Å². The number of nitrogens with one attached hydrogen (secondary N) is 1. The first-order valence-corrected chi connectivity index (χ1v) is 8.77. The maximum Gasteiger partial charge on any atom is 0.254 e. The van der Waals surface area contributed by atoms with Crippen LogP contribution in [0.5, 0.6) is 0 Å². The van der Waals surface area contributed by atoms with Crippen molar-refractivity contribution in [1.82, 2.24) is 14.7 Å². The van der Waals surface area contributed by atoms with Gasteiger partial charge in [-0.25, -0.2) is 0 Å². The molecule has 2 atom stereocenters. The lowest BCUT2D eigenvalue weighted by Crippen LogP contribution is -2.44. The molecule has 1 aliphatic heterocycles. The van der Waals surface area contributed by atoms with Gasteiger partial charge < -0.3 is 10.2 Å². The Morgan fingerprint density at radius 3 is 2.44 bits per heavy atom. The maximum absolute atomic E-state index is 13.3. The van der Waals surface area contributed by atoms with E-state index in [0.29, 0.717) is 11.3 Å². The van der Waals surface area contributed by atoms with Crippen LogP contribution in [0.15, 0.2) is 67.0 Å². The highest BCUT2D eigenvalue weighted by molar-refractivity contribution is 6.04. The number of rotatable bonds is 3. The second-order valence-electron chi connectivity index (χ2n) is 6.73. The fourth-order valence-electron chi connectivity index (χ4n) is 3.73. The molecule has 6 nitrogen and oxygen atoms in total. The van der Waals surface area contributed by atoms with Crippen LogP contribution in [0.2, 0.25) is 0 Å². The van der Waals surface area contributed by atoms with Gasteiger partial charge in [0.25, 0.3) is 5.91 Å². The molecular weight excluding hydrogens is 340 g/mol. The molecule has 0 fully saturated rings. The monoisotopic (exact) mass is 360 g/mol. The number of anilines is 1. The molecule has 0 aliphatic carbocycles. The van der Waals surface area contributed by atoms with Crippen molar-refractivity contribution in [3.05, 3.63) is 83.7 Å². The van der Waals surface area contributed by atoms with Gasteiger partial charge >= 0.3 is 0 Å². The Morgan fingerprint density at radius 1 is 1.04 bits per heavy atom. The minimum absolute atomic E-state index is 0.0788. The summed E-state index contributed by atoms with van der Waals surface area (Å²) in [4.78, 5) is 27.9. The quantitative estimate of drug-likeness (QED) is 0.781. The highest BCUT2D eigenvalue weighted by Gasteiger charge is 2.42. The molecule has 1 aromatic heterocycles. The van der Waals surface area contributed by atoms with E-state index in [1.807, 2.05) is 48.5 Å². The SMILES string of the molecule is CN1C(=O)c2ccccc2[C@@H](C(=O)Nc2cnn(C)c2)[C@H]1c1ccccc1. The van der Waals surface area contributed by atoms with Gasteiger partial charge in [-0.3, -0.25) is 14.3 Å². The third kappa shape index (κ3) is 2.99. The summed E-state index contributed by atoms with van der Waals surface area (Å²) in [6, 6.07) is 16.6. The highest BCUT2D eigenvalue weighted by atomic mass is 16.2. The zero-order valence-corrected chi connectivity index (χ0v) is 15.2. The van der Waals surface area contributed by atoms with Crippen LogP contribution >= 0.6 is 0 Å². The number of carbonyl (C=O) groups excluding carboxylic acids is 2. The van der Waals surface area contributed by atoms with E-state index in [1.165, 1.54) is 0 Å². The molecule has 2 amide bonds. The molecule has 0 saturated carbocycles. The standard InChI is InChI=1S/C21H20N4O2/c1-24-13-15(12-22-24)23-20(26)18-16-10-6-7-11-17(16)21(27)25(2)19(18)14-8-4-3-5-9-14/h3-13,18-19H,1-2H3,(H,23,26)/t18-,19-/m1/s1. The lowest BCUT2D eigenvalue weighted by molar-refractivity contribution is -0.119. The van der Waals surface area contributed by atoms with E-state index in [1.54, 1.807) is 42.1 Å². The summed E-state index contributed by atoms with van der Waals surface area (Å²) in [6.07, 6.45) is 3.36. The van der Waals surface area contributed by atoms with Crippen molar-refractivity contribution in [3.63, 3.8) is 0 Å². The minimum Gasteiger partial charge on any atom is -0.334 e. The van der Waals surface area contributed by atoms with E-state index in [9.17, 15) is 9.59 Å². The number of aromatic nitrogens is 2. The number of carbonyl (C=O) groups is 2. The number of nitrogens with zero attached hydrogens (tertiary/aromatic N) is 3. The second-order valence-corrected chi connectivity index (χ2v) is 6.73. The smallest absolute Gasteiger partial charge is 0.254 e. The molecule has 1 aliphatic rings. The number of likely N-dealkylation sites (N-methyl/N-ethyl adjacent to an activating group) is 1. The molecule has 0 unspecified atom stereocenters. The van der Waals surface area contributed by atoms with Crippen molar-refractivity contribution in [2.24, 2.45) is 7.05 Å². The van der Waals surface area contributed by atoms with Crippen molar-refractivity contribution in [2.75, 3.05) is 12.4 Å². The van der Waals surface area contributed by atoms with E-state index in [-0.39, 0.29) is 17.9 Å². The van der Waals surface area contributed by atoms with Gasteiger partial charge in [0.15, 0.2) is 0 Å². The first kappa shape index (κ1) is 17.0. The van der Waals surface area contributed by atoms with Gasteiger partial charge in [-0.2, -0.15) is 5.10 Å². The molecule has 4 rings (SSSR count). The highest BCUT2D eigenvalue weighted by Crippen LogP contribution is 2.42. The Hall–Kier alpha value is -3.41. The lowest BCUT2D eigenvalue weighted by Gasteiger charge is -2.39. The summed E-state index contributed by atoms with van der Waals surface area (Å²) in [7, 11) is 3.55.